The van der Waals surface area contributed by atoms with Crippen LogP contribution in [0.4, 0.5) is 92.2 Å². The van der Waals surface area contributed by atoms with Crippen LogP contribution in [-0.2, 0) is 9.47 Å². The molecule has 1 heterocycles. The molecule has 1 aliphatic rings. The maximum absolute atomic E-state index is 13.8. The summed E-state index contributed by atoms with van der Waals surface area (Å²) in [4.78, 5) is 0. The first-order valence-electron chi connectivity index (χ1n) is 9.79. The van der Waals surface area contributed by atoms with Crippen molar-refractivity contribution in [3.63, 3.8) is 0 Å². The number of halogens is 21. The molecule has 0 amide bonds. The van der Waals surface area contributed by atoms with Gasteiger partial charge in [-0.15, -0.1) is 0 Å². The zero-order valence-electron chi connectivity index (χ0n) is 18.8. The summed E-state index contributed by atoms with van der Waals surface area (Å²) < 4.78 is 288. The van der Waals surface area contributed by atoms with Crippen molar-refractivity contribution in [1.29, 1.82) is 0 Å². The molecule has 0 spiro atoms. The van der Waals surface area contributed by atoms with Gasteiger partial charge in [0.05, 0.1) is 26.4 Å². The van der Waals surface area contributed by atoms with E-state index in [1.165, 1.54) is 6.92 Å². The van der Waals surface area contributed by atoms with Gasteiger partial charge in [-0.2, -0.15) is 92.2 Å². The average molecular weight is 648 g/mol. The molecule has 40 heavy (non-hydrogen) atoms. The van der Waals surface area contributed by atoms with Crippen molar-refractivity contribution in [3.8, 4) is 0 Å². The van der Waals surface area contributed by atoms with E-state index in [1.807, 2.05) is 0 Å². The second kappa shape index (κ2) is 9.75. The Balaban J connectivity index is 3.46. The second-order valence-corrected chi connectivity index (χ2v) is 8.90. The van der Waals surface area contributed by atoms with Crippen molar-refractivity contribution in [1.82, 2.24) is 0 Å². The zero-order valence-corrected chi connectivity index (χ0v) is 18.8. The van der Waals surface area contributed by atoms with E-state index in [0.717, 1.165) is 0 Å². The quantitative estimate of drug-likeness (QED) is 0.151. The predicted molar refractivity (Wildman–Crippen MR) is 84.9 cm³/mol. The molecule has 0 saturated carbocycles. The van der Waals surface area contributed by atoms with Gasteiger partial charge in [-0.05, 0) is 0 Å². The van der Waals surface area contributed by atoms with Crippen molar-refractivity contribution in [2.75, 3.05) is 26.4 Å². The highest BCUT2D eigenvalue weighted by molar-refractivity contribution is 5.17. The molecule has 0 radical (unpaired) electrons. The third-order valence-corrected chi connectivity index (χ3v) is 5.49. The monoisotopic (exact) mass is 648 g/mol. The van der Waals surface area contributed by atoms with Crippen molar-refractivity contribution in [2.24, 2.45) is 5.41 Å². The number of hydrogen-bond donors (Lipinski definition) is 0. The number of hydrogen-bond acceptors (Lipinski definition) is 2. The molecular formula is C17H13F21O2. The molecule has 1 aliphatic heterocycles. The van der Waals surface area contributed by atoms with Gasteiger partial charge in [0.1, 0.15) is 0 Å². The van der Waals surface area contributed by atoms with Gasteiger partial charge in [0.15, 0.2) is 0 Å². The fourth-order valence-corrected chi connectivity index (χ4v) is 2.80. The molecule has 0 aliphatic carbocycles. The molecule has 0 aromatic rings. The van der Waals surface area contributed by atoms with Crippen LogP contribution in [0.3, 0.4) is 0 Å². The summed E-state index contributed by atoms with van der Waals surface area (Å²) >= 11 is 0. The van der Waals surface area contributed by atoms with Crippen molar-refractivity contribution in [2.45, 2.75) is 72.8 Å². The van der Waals surface area contributed by atoms with Crippen LogP contribution >= 0.6 is 0 Å². The van der Waals surface area contributed by atoms with Crippen LogP contribution in [0.1, 0.15) is 13.3 Å². The van der Waals surface area contributed by atoms with E-state index in [9.17, 15) is 92.2 Å². The highest BCUT2D eigenvalue weighted by Gasteiger charge is 2.97. The fourth-order valence-electron chi connectivity index (χ4n) is 2.80. The molecule has 0 N–H and O–H groups in total. The minimum absolute atomic E-state index is 0.105. The minimum Gasteiger partial charge on any atom is -0.380 e. The Hall–Kier alpha value is -1.55. The lowest BCUT2D eigenvalue weighted by molar-refractivity contribution is -0.474. The summed E-state index contributed by atoms with van der Waals surface area (Å²) in [5.41, 5.74) is -0.932. The first-order chi connectivity index (χ1) is 17.2. The second-order valence-electron chi connectivity index (χ2n) is 8.90. The fraction of sp³-hybridized carbons (Fsp3) is 1.00. The van der Waals surface area contributed by atoms with Gasteiger partial charge < -0.3 is 9.47 Å². The highest BCUT2D eigenvalue weighted by atomic mass is 19.4. The van der Waals surface area contributed by atoms with Crippen LogP contribution in [-0.4, -0.2) is 85.9 Å². The molecule has 1 fully saturated rings. The lowest BCUT2D eigenvalue weighted by atomic mass is 9.86. The molecule has 0 atom stereocenters. The summed E-state index contributed by atoms with van der Waals surface area (Å²) in [6.45, 7) is -1.25. The zero-order chi connectivity index (χ0) is 32.4. The normalized spacial score (nSPS) is 19.1. The number of ether oxygens (including phenoxy) is 2. The van der Waals surface area contributed by atoms with Gasteiger partial charge in [0.2, 0.25) is 0 Å². The van der Waals surface area contributed by atoms with Crippen LogP contribution in [0.15, 0.2) is 0 Å². The third kappa shape index (κ3) is 4.92. The standard InChI is InChI=1S/C17H13F21O2/c1-7(5-40-6-7)4-39-3-2-8(18,19)9(20,21)10(22,23)11(24,25)12(26,27)13(28,29)14(30,31)15(32,33)16(34,35)17(36,37)38/h2-6H2,1H3. The molecule has 0 aromatic carbocycles. The molecule has 0 aromatic heterocycles. The maximum atomic E-state index is 13.8. The van der Waals surface area contributed by atoms with Crippen LogP contribution in [0.2, 0.25) is 0 Å². The molecule has 0 bridgehead atoms. The van der Waals surface area contributed by atoms with E-state index in [1.54, 1.807) is 0 Å². The van der Waals surface area contributed by atoms with Gasteiger partial charge in [0, 0.05) is 11.8 Å². The van der Waals surface area contributed by atoms with Crippen LogP contribution in [0.5, 0.6) is 0 Å². The van der Waals surface area contributed by atoms with Crippen LogP contribution in [0.25, 0.3) is 0 Å². The highest BCUT2D eigenvalue weighted by Crippen LogP contribution is 2.66. The van der Waals surface area contributed by atoms with Gasteiger partial charge >= 0.3 is 59.5 Å². The summed E-state index contributed by atoms with van der Waals surface area (Å²) in [5, 5.41) is 0. The van der Waals surface area contributed by atoms with Gasteiger partial charge in [-0.1, -0.05) is 6.92 Å². The van der Waals surface area contributed by atoms with E-state index < -0.39 is 84.5 Å². The Kier molecular flexibility index (Phi) is 8.89. The van der Waals surface area contributed by atoms with Gasteiger partial charge in [-0.3, -0.25) is 0 Å². The average Bonchev–Trinajstić information content (AvgIpc) is 2.73. The Morgan fingerprint density at radius 1 is 0.500 bits per heavy atom. The minimum atomic E-state index is -9.17. The van der Waals surface area contributed by atoms with Gasteiger partial charge in [0.25, 0.3) is 0 Å². The Labute approximate surface area is 207 Å². The van der Waals surface area contributed by atoms with E-state index in [2.05, 4.69) is 9.47 Å². The van der Waals surface area contributed by atoms with Crippen LogP contribution in [0, 0.1) is 5.41 Å². The smallest absolute Gasteiger partial charge is 0.380 e. The molecule has 2 nitrogen and oxygen atoms in total. The molecule has 23 heteroatoms. The van der Waals surface area contributed by atoms with Gasteiger partial charge in [-0.25, -0.2) is 0 Å². The van der Waals surface area contributed by atoms with Crippen LogP contribution < -0.4 is 0 Å². The lowest BCUT2D eigenvalue weighted by Crippen LogP contribution is -2.76. The van der Waals surface area contributed by atoms with E-state index in [4.69, 9.17) is 0 Å². The number of rotatable bonds is 13. The van der Waals surface area contributed by atoms with E-state index in [0.29, 0.717) is 0 Å². The van der Waals surface area contributed by atoms with Crippen molar-refractivity contribution < 1.29 is 102 Å². The molecule has 1 saturated heterocycles. The molecule has 0 unspecified atom stereocenters. The summed E-state index contributed by atoms with van der Waals surface area (Å²) in [7, 11) is 0. The van der Waals surface area contributed by atoms with E-state index in [-0.39, 0.29) is 13.2 Å². The molecule has 1 rings (SSSR count). The van der Waals surface area contributed by atoms with E-state index >= 15 is 0 Å². The largest absolute Gasteiger partial charge is 0.460 e. The lowest BCUT2D eigenvalue weighted by Gasteiger charge is -2.44. The Bertz CT molecular complexity index is 901. The maximum Gasteiger partial charge on any atom is 0.460 e. The summed E-state index contributed by atoms with van der Waals surface area (Å²) in [5.74, 6) is -76.8. The molecule has 240 valence electrons. The molecular weight excluding hydrogens is 635 g/mol. The van der Waals surface area contributed by atoms with Crippen molar-refractivity contribution >= 4 is 0 Å². The first kappa shape index (κ1) is 36.5. The Morgan fingerprint density at radius 2 is 0.800 bits per heavy atom. The predicted octanol–water partition coefficient (Wildman–Crippen LogP) is 7.71. The first-order valence-corrected chi connectivity index (χ1v) is 9.79. The van der Waals surface area contributed by atoms with Crippen molar-refractivity contribution in [3.05, 3.63) is 0 Å². The number of alkyl halides is 21. The topological polar surface area (TPSA) is 18.5 Å². The summed E-state index contributed by atoms with van der Waals surface area (Å²) in [6, 6.07) is 0. The Morgan fingerprint density at radius 3 is 1.07 bits per heavy atom. The SMILES string of the molecule is CC1(COCCC(F)(F)C(F)(F)C(F)(F)C(F)(F)C(F)(F)C(F)(F)C(F)(F)C(F)(F)C(F)(F)C(F)(F)F)COC1. The third-order valence-electron chi connectivity index (χ3n) is 5.49. The summed E-state index contributed by atoms with van der Waals surface area (Å²) in [6.07, 6.45) is -10.8.